The Morgan fingerprint density at radius 2 is 1.88 bits per heavy atom. The van der Waals surface area contributed by atoms with Crippen LogP contribution in [0.1, 0.15) is 34.6 Å². The van der Waals surface area contributed by atoms with E-state index in [0.29, 0.717) is 30.7 Å². The predicted molar refractivity (Wildman–Crippen MR) is 124 cm³/mol. The molecular weight excluding hydrogens is 406 g/mol. The molecule has 168 valence electrons. The summed E-state index contributed by atoms with van der Waals surface area (Å²) in [4.78, 5) is 8.00. The van der Waals surface area contributed by atoms with Crippen molar-refractivity contribution in [1.82, 2.24) is 20.2 Å². The Hall–Kier alpha value is -3.55. The Bertz CT molecular complexity index is 1240. The van der Waals surface area contributed by atoms with Gasteiger partial charge in [-0.2, -0.15) is 0 Å². The van der Waals surface area contributed by atoms with E-state index in [4.69, 9.17) is 13.9 Å². The quantitative estimate of drug-likeness (QED) is 0.604. The lowest BCUT2D eigenvalue weighted by atomic mass is 9.90. The Morgan fingerprint density at radius 3 is 2.69 bits per heavy atom. The van der Waals surface area contributed by atoms with Gasteiger partial charge in [-0.3, -0.25) is 0 Å². The first-order valence-electron chi connectivity index (χ1n) is 11.0. The number of fused-ring (bicyclic) bond motifs is 2. The van der Waals surface area contributed by atoms with E-state index in [-0.39, 0.29) is 17.3 Å². The van der Waals surface area contributed by atoms with Crippen LogP contribution in [0.2, 0.25) is 0 Å². The first kappa shape index (κ1) is 21.7. The van der Waals surface area contributed by atoms with Gasteiger partial charge in [-0.15, -0.1) is 5.10 Å². The summed E-state index contributed by atoms with van der Waals surface area (Å²) in [6.45, 7) is 11.5. The van der Waals surface area contributed by atoms with E-state index in [1.807, 2.05) is 32.0 Å². The molecule has 0 saturated carbocycles. The zero-order chi connectivity index (χ0) is 22.7. The summed E-state index contributed by atoms with van der Waals surface area (Å²) >= 11 is 0. The lowest BCUT2D eigenvalue weighted by Crippen LogP contribution is -2.29. The van der Waals surface area contributed by atoms with E-state index < -0.39 is 0 Å². The van der Waals surface area contributed by atoms with Crippen molar-refractivity contribution in [3.05, 3.63) is 41.0 Å². The second-order valence-electron chi connectivity index (χ2n) is 8.13. The Balaban J connectivity index is 0.00000119. The highest BCUT2D eigenvalue weighted by Gasteiger charge is 2.17. The van der Waals surface area contributed by atoms with Crippen LogP contribution in [0.4, 0.5) is 11.7 Å². The fourth-order valence-corrected chi connectivity index (χ4v) is 3.48. The molecule has 8 nitrogen and oxygen atoms in total. The van der Waals surface area contributed by atoms with Gasteiger partial charge in [0, 0.05) is 17.2 Å². The number of aromatic amines is 1. The molecule has 2 N–H and O–H groups in total. The summed E-state index contributed by atoms with van der Waals surface area (Å²) in [6.07, 6.45) is 8.67. The molecule has 8 heteroatoms. The number of anilines is 2. The highest BCUT2D eigenvalue weighted by Crippen LogP contribution is 2.33. The van der Waals surface area contributed by atoms with Crippen molar-refractivity contribution in [2.24, 2.45) is 11.3 Å². The smallest absolute Gasteiger partial charge is 0.320 e. The number of H-pyrrole nitrogens is 1. The second kappa shape index (κ2) is 8.90. The molecule has 1 aromatic carbocycles. The van der Waals surface area contributed by atoms with Crippen LogP contribution in [0.15, 0.2) is 34.8 Å². The van der Waals surface area contributed by atoms with Gasteiger partial charge >= 0.3 is 6.01 Å². The van der Waals surface area contributed by atoms with Crippen LogP contribution >= 0.6 is 0 Å². The van der Waals surface area contributed by atoms with Crippen molar-refractivity contribution in [2.45, 2.75) is 34.6 Å². The summed E-state index contributed by atoms with van der Waals surface area (Å²) in [5, 5.41) is 13.2. The normalized spacial score (nSPS) is 21.2. The topological polar surface area (TPSA) is 98.1 Å². The summed E-state index contributed by atoms with van der Waals surface area (Å²) in [5.41, 5.74) is 0.686. The molecule has 1 atom stereocenters. The van der Waals surface area contributed by atoms with Gasteiger partial charge in [-0.05, 0) is 30.2 Å². The van der Waals surface area contributed by atoms with Gasteiger partial charge in [0.15, 0.2) is 17.3 Å². The summed E-state index contributed by atoms with van der Waals surface area (Å²) in [7, 11) is 0. The molecule has 3 aromatic rings. The zero-order valence-electron chi connectivity index (χ0n) is 19.1. The van der Waals surface area contributed by atoms with Gasteiger partial charge in [0.25, 0.3) is 5.89 Å². The van der Waals surface area contributed by atoms with Gasteiger partial charge in [-0.25, -0.2) is 4.98 Å². The monoisotopic (exact) mass is 435 g/mol. The third-order valence-corrected chi connectivity index (χ3v) is 4.95. The molecule has 0 bridgehead atoms. The molecule has 1 aliphatic heterocycles. The number of nitrogens with one attached hydrogen (secondary N) is 2. The minimum atomic E-state index is -0.0825. The van der Waals surface area contributed by atoms with Gasteiger partial charge < -0.3 is 24.2 Å². The number of rotatable bonds is 3. The van der Waals surface area contributed by atoms with Crippen LogP contribution in [0.25, 0.3) is 23.9 Å². The molecule has 3 heterocycles. The number of benzene rings is 1. The molecule has 0 fully saturated rings. The second-order valence-corrected chi connectivity index (χ2v) is 8.13. The van der Waals surface area contributed by atoms with Gasteiger partial charge in [0.2, 0.25) is 0 Å². The SMILES string of the molecule is CC.CC1/C=C\C(C)(C)/C=c2/[nH]c(-c3nnc(Nc4ccc5c(c4)OCCO5)o3)n/c2=C/1. The number of hydrogen-bond acceptors (Lipinski definition) is 7. The van der Waals surface area contributed by atoms with E-state index in [1.165, 1.54) is 0 Å². The van der Waals surface area contributed by atoms with Crippen LogP contribution in [0.5, 0.6) is 11.5 Å². The average molecular weight is 436 g/mol. The molecular formula is C24H29N5O3. The molecule has 0 radical (unpaired) electrons. The maximum Gasteiger partial charge on any atom is 0.320 e. The third kappa shape index (κ3) is 4.69. The maximum atomic E-state index is 5.79. The van der Waals surface area contributed by atoms with Crippen molar-refractivity contribution in [3.8, 4) is 23.2 Å². The molecule has 2 aliphatic rings. The lowest BCUT2D eigenvalue weighted by Gasteiger charge is -2.18. The molecule has 0 amide bonds. The first-order valence-corrected chi connectivity index (χ1v) is 11.0. The molecule has 5 rings (SSSR count). The number of nitrogens with zero attached hydrogens (tertiary/aromatic N) is 3. The molecule has 0 spiro atoms. The van der Waals surface area contributed by atoms with Crippen molar-refractivity contribution in [3.63, 3.8) is 0 Å². The van der Waals surface area contributed by atoms with Crippen LogP contribution in [0, 0.1) is 11.3 Å². The minimum Gasteiger partial charge on any atom is -0.486 e. The van der Waals surface area contributed by atoms with E-state index >= 15 is 0 Å². The molecule has 1 aliphatic carbocycles. The number of allylic oxidation sites excluding steroid dienone is 2. The van der Waals surface area contributed by atoms with E-state index in [9.17, 15) is 0 Å². The predicted octanol–water partition coefficient (Wildman–Crippen LogP) is 3.79. The highest BCUT2D eigenvalue weighted by atomic mass is 16.6. The fraction of sp³-hybridized carbons (Fsp3) is 0.375. The first-order chi connectivity index (χ1) is 15.4. The molecule has 32 heavy (non-hydrogen) atoms. The highest BCUT2D eigenvalue weighted by molar-refractivity contribution is 5.60. The van der Waals surface area contributed by atoms with Crippen molar-refractivity contribution in [2.75, 3.05) is 18.5 Å². The van der Waals surface area contributed by atoms with E-state index in [1.54, 1.807) is 0 Å². The zero-order valence-corrected chi connectivity index (χ0v) is 19.1. The largest absolute Gasteiger partial charge is 0.486 e. The van der Waals surface area contributed by atoms with Crippen molar-refractivity contribution >= 4 is 23.9 Å². The summed E-state index contributed by atoms with van der Waals surface area (Å²) in [6, 6.07) is 5.84. The van der Waals surface area contributed by atoms with Crippen molar-refractivity contribution < 1.29 is 13.9 Å². The maximum absolute atomic E-state index is 5.79. The Labute approximate surface area is 187 Å². The van der Waals surface area contributed by atoms with Gasteiger partial charge in [0.1, 0.15) is 13.2 Å². The lowest BCUT2D eigenvalue weighted by molar-refractivity contribution is 0.171. The third-order valence-electron chi connectivity index (χ3n) is 4.95. The molecule has 1 unspecified atom stereocenters. The minimum absolute atomic E-state index is 0.0825. The van der Waals surface area contributed by atoms with Gasteiger partial charge in [-0.1, -0.05) is 51.9 Å². The fourth-order valence-electron chi connectivity index (χ4n) is 3.48. The number of hydrogen-bond donors (Lipinski definition) is 2. The van der Waals surface area contributed by atoms with E-state index in [2.05, 4.69) is 70.6 Å². The van der Waals surface area contributed by atoms with Crippen LogP contribution in [-0.2, 0) is 0 Å². The number of ether oxygens (including phenoxy) is 2. The number of imidazole rings is 1. The van der Waals surface area contributed by atoms with Crippen LogP contribution < -0.4 is 25.5 Å². The Morgan fingerprint density at radius 1 is 1.09 bits per heavy atom. The average Bonchev–Trinajstić information content (AvgIpc) is 3.40. The molecule has 2 aromatic heterocycles. The molecule has 0 saturated heterocycles. The van der Waals surface area contributed by atoms with Gasteiger partial charge in [0.05, 0.1) is 10.7 Å². The summed E-state index contributed by atoms with van der Waals surface area (Å²) < 4.78 is 16.9. The Kier molecular flexibility index (Phi) is 6.03. The standard InChI is InChI=1S/C22H23N5O3.C2H6/c1-13-6-7-22(2,3)12-16-15(10-13)24-19(25-16)20-26-27-21(30-20)23-14-4-5-17-18(11-14)29-9-8-28-17;1-2/h4-7,10-13H,8-9H2,1-3H3,(H,23,27)(H,24,25);1-2H3/b7-6-,15-10+,16-12+;. The van der Waals surface area contributed by atoms with Crippen LogP contribution in [-0.4, -0.2) is 33.4 Å². The van der Waals surface area contributed by atoms with Crippen molar-refractivity contribution in [1.29, 1.82) is 0 Å². The summed E-state index contributed by atoms with van der Waals surface area (Å²) in [5.74, 6) is 2.56. The number of aromatic nitrogens is 4. The van der Waals surface area contributed by atoms with Crippen LogP contribution in [0.3, 0.4) is 0 Å². The van der Waals surface area contributed by atoms with E-state index in [0.717, 1.165) is 22.1 Å².